The molecule has 0 bridgehead atoms. The maximum absolute atomic E-state index is 9.36. The fourth-order valence-corrected chi connectivity index (χ4v) is 1.59. The van der Waals surface area contributed by atoms with E-state index in [0.29, 0.717) is 12.1 Å². The first-order chi connectivity index (χ1) is 4.49. The van der Waals surface area contributed by atoms with E-state index in [1.54, 1.807) is 0 Å². The minimum atomic E-state index is -0.382. The summed E-state index contributed by atoms with van der Waals surface area (Å²) in [5, 5.41) is 12.7. The van der Waals surface area contributed by atoms with Gasteiger partial charge in [-0.05, 0) is 19.8 Å². The van der Waals surface area contributed by atoms with Gasteiger partial charge >= 0.3 is 0 Å². The number of hydrogen-bond donors (Lipinski definition) is 2. The van der Waals surface area contributed by atoms with Gasteiger partial charge in [-0.1, -0.05) is 13.8 Å². The summed E-state index contributed by atoms with van der Waals surface area (Å²) < 4.78 is 0. The highest BCUT2D eigenvalue weighted by molar-refractivity contribution is 4.95. The molecule has 0 amide bonds. The van der Waals surface area contributed by atoms with Crippen LogP contribution >= 0.6 is 0 Å². The van der Waals surface area contributed by atoms with Gasteiger partial charge in [-0.3, -0.25) is 0 Å². The second-order valence-corrected chi connectivity index (χ2v) is 3.92. The third-order valence-corrected chi connectivity index (χ3v) is 1.94. The first-order valence-corrected chi connectivity index (χ1v) is 3.98. The van der Waals surface area contributed by atoms with Crippen molar-refractivity contribution in [3.8, 4) is 0 Å². The van der Waals surface area contributed by atoms with Crippen LogP contribution in [-0.2, 0) is 0 Å². The lowest BCUT2D eigenvalue weighted by Gasteiger charge is -2.42. The molecule has 0 radical (unpaired) electrons. The second kappa shape index (κ2) is 2.51. The molecule has 0 aromatic heterocycles. The molecule has 0 saturated heterocycles. The van der Waals surface area contributed by atoms with Crippen molar-refractivity contribution in [2.75, 3.05) is 0 Å². The molecule has 0 spiro atoms. The van der Waals surface area contributed by atoms with E-state index in [0.717, 1.165) is 12.8 Å². The largest absolute Gasteiger partial charge is 0.390 e. The van der Waals surface area contributed by atoms with Crippen LogP contribution in [0.1, 0.15) is 33.6 Å². The molecule has 0 heterocycles. The smallest absolute Gasteiger partial charge is 0.0649 e. The Hall–Kier alpha value is -0.0800. The Balaban J connectivity index is 2.15. The molecule has 2 nitrogen and oxygen atoms in total. The predicted octanol–water partition coefficient (Wildman–Crippen LogP) is 0.898. The van der Waals surface area contributed by atoms with Gasteiger partial charge in [0.1, 0.15) is 0 Å². The molecule has 1 rings (SSSR count). The van der Waals surface area contributed by atoms with Gasteiger partial charge in [-0.2, -0.15) is 0 Å². The highest BCUT2D eigenvalue weighted by Gasteiger charge is 2.37. The standard InChI is InChI=1S/C8H17NO/c1-6(2)9-7-4-8(3,10)5-7/h6-7,9-10H,4-5H2,1-3H3/t7-,8-. The maximum Gasteiger partial charge on any atom is 0.0649 e. The van der Waals surface area contributed by atoms with Crippen LogP contribution < -0.4 is 5.32 Å². The van der Waals surface area contributed by atoms with Crippen LogP contribution in [0.4, 0.5) is 0 Å². The summed E-state index contributed by atoms with van der Waals surface area (Å²) in [7, 11) is 0. The van der Waals surface area contributed by atoms with Gasteiger partial charge in [0, 0.05) is 12.1 Å². The van der Waals surface area contributed by atoms with Crippen molar-refractivity contribution in [2.45, 2.75) is 51.3 Å². The Morgan fingerprint density at radius 2 is 2.00 bits per heavy atom. The lowest BCUT2D eigenvalue weighted by atomic mass is 9.77. The highest BCUT2D eigenvalue weighted by Crippen LogP contribution is 2.31. The Morgan fingerprint density at radius 3 is 2.30 bits per heavy atom. The molecular weight excluding hydrogens is 126 g/mol. The topological polar surface area (TPSA) is 32.3 Å². The highest BCUT2D eigenvalue weighted by atomic mass is 16.3. The molecular formula is C8H17NO. The van der Waals surface area contributed by atoms with Crippen LogP contribution in [0.3, 0.4) is 0 Å². The molecule has 2 N–H and O–H groups in total. The average Bonchev–Trinajstić information content (AvgIpc) is 1.57. The molecule has 0 aromatic carbocycles. The molecule has 0 aliphatic heterocycles. The Labute approximate surface area is 62.6 Å². The van der Waals surface area contributed by atoms with Gasteiger partial charge in [0.05, 0.1) is 5.60 Å². The summed E-state index contributed by atoms with van der Waals surface area (Å²) in [6.07, 6.45) is 1.82. The van der Waals surface area contributed by atoms with E-state index >= 15 is 0 Å². The quantitative estimate of drug-likeness (QED) is 0.602. The van der Waals surface area contributed by atoms with Gasteiger partial charge in [-0.25, -0.2) is 0 Å². The lowest BCUT2D eigenvalue weighted by molar-refractivity contribution is -0.0406. The van der Waals surface area contributed by atoms with Gasteiger partial charge in [0.15, 0.2) is 0 Å². The summed E-state index contributed by atoms with van der Waals surface area (Å²) >= 11 is 0. The minimum absolute atomic E-state index is 0.382. The van der Waals surface area contributed by atoms with Crippen LogP contribution in [0.25, 0.3) is 0 Å². The zero-order chi connectivity index (χ0) is 7.78. The molecule has 1 aliphatic rings. The average molecular weight is 143 g/mol. The van der Waals surface area contributed by atoms with Crippen molar-refractivity contribution < 1.29 is 5.11 Å². The van der Waals surface area contributed by atoms with Crippen molar-refractivity contribution in [1.29, 1.82) is 0 Å². The third kappa shape index (κ3) is 1.96. The van der Waals surface area contributed by atoms with Crippen LogP contribution in [0.2, 0.25) is 0 Å². The Kier molecular flexibility index (Phi) is 2.02. The SMILES string of the molecule is CC(C)N[C@H]1C[C@](C)(O)C1. The van der Waals surface area contributed by atoms with Gasteiger partial charge < -0.3 is 10.4 Å². The van der Waals surface area contributed by atoms with E-state index in [1.165, 1.54) is 0 Å². The first-order valence-electron chi connectivity index (χ1n) is 3.98. The third-order valence-electron chi connectivity index (χ3n) is 1.94. The van der Waals surface area contributed by atoms with E-state index in [4.69, 9.17) is 0 Å². The van der Waals surface area contributed by atoms with Crippen molar-refractivity contribution >= 4 is 0 Å². The molecule has 10 heavy (non-hydrogen) atoms. The molecule has 2 heteroatoms. The maximum atomic E-state index is 9.36. The number of nitrogens with one attached hydrogen (secondary N) is 1. The molecule has 1 aliphatic carbocycles. The van der Waals surface area contributed by atoms with Crippen LogP contribution in [0, 0.1) is 0 Å². The van der Waals surface area contributed by atoms with Crippen LogP contribution in [-0.4, -0.2) is 22.8 Å². The predicted molar refractivity (Wildman–Crippen MR) is 41.9 cm³/mol. The monoisotopic (exact) mass is 143 g/mol. The van der Waals surface area contributed by atoms with Crippen molar-refractivity contribution in [3.05, 3.63) is 0 Å². The van der Waals surface area contributed by atoms with Gasteiger partial charge in [0.25, 0.3) is 0 Å². The summed E-state index contributed by atoms with van der Waals surface area (Å²) in [4.78, 5) is 0. The summed E-state index contributed by atoms with van der Waals surface area (Å²) in [5.74, 6) is 0. The van der Waals surface area contributed by atoms with E-state index < -0.39 is 0 Å². The van der Waals surface area contributed by atoms with Gasteiger partial charge in [-0.15, -0.1) is 0 Å². The fourth-order valence-electron chi connectivity index (χ4n) is 1.59. The zero-order valence-electron chi connectivity index (χ0n) is 7.02. The van der Waals surface area contributed by atoms with Gasteiger partial charge in [0.2, 0.25) is 0 Å². The zero-order valence-corrected chi connectivity index (χ0v) is 7.02. The van der Waals surface area contributed by atoms with Crippen LogP contribution in [0.5, 0.6) is 0 Å². The molecule has 0 aromatic rings. The second-order valence-electron chi connectivity index (χ2n) is 3.92. The van der Waals surface area contributed by atoms with E-state index in [9.17, 15) is 5.11 Å². The molecule has 0 atom stereocenters. The van der Waals surface area contributed by atoms with Crippen molar-refractivity contribution in [3.63, 3.8) is 0 Å². The summed E-state index contributed by atoms with van der Waals surface area (Å²) in [6.45, 7) is 6.16. The summed E-state index contributed by atoms with van der Waals surface area (Å²) in [5.41, 5.74) is -0.382. The van der Waals surface area contributed by atoms with E-state index in [2.05, 4.69) is 19.2 Å². The molecule has 60 valence electrons. The summed E-state index contributed by atoms with van der Waals surface area (Å²) in [6, 6.07) is 1.09. The Bertz CT molecular complexity index is 110. The number of aliphatic hydroxyl groups is 1. The minimum Gasteiger partial charge on any atom is -0.390 e. The van der Waals surface area contributed by atoms with Crippen LogP contribution in [0.15, 0.2) is 0 Å². The van der Waals surface area contributed by atoms with Crippen molar-refractivity contribution in [2.24, 2.45) is 0 Å². The van der Waals surface area contributed by atoms with E-state index in [1.807, 2.05) is 6.92 Å². The fraction of sp³-hybridized carbons (Fsp3) is 1.00. The Morgan fingerprint density at radius 1 is 1.50 bits per heavy atom. The number of hydrogen-bond acceptors (Lipinski definition) is 2. The molecule has 1 fully saturated rings. The molecule has 1 saturated carbocycles. The van der Waals surface area contributed by atoms with E-state index in [-0.39, 0.29) is 5.60 Å². The normalized spacial score (nSPS) is 39.9. The van der Waals surface area contributed by atoms with Crippen molar-refractivity contribution in [1.82, 2.24) is 5.32 Å². The first kappa shape index (κ1) is 8.02. The molecule has 0 unspecified atom stereocenters. The number of rotatable bonds is 2. The lowest BCUT2D eigenvalue weighted by Crippen LogP contribution is -2.53.